The molecule has 2 heterocycles. The summed E-state index contributed by atoms with van der Waals surface area (Å²) in [6.07, 6.45) is 2.58. The van der Waals surface area contributed by atoms with Gasteiger partial charge in [-0.2, -0.15) is 9.49 Å². The number of pyridine rings is 1. The minimum atomic E-state index is -1.21. The van der Waals surface area contributed by atoms with Crippen molar-refractivity contribution in [3.63, 3.8) is 0 Å². The van der Waals surface area contributed by atoms with Crippen molar-refractivity contribution in [2.75, 3.05) is 10.2 Å². The highest BCUT2D eigenvalue weighted by Gasteiger charge is 2.30. The molecule has 0 atom stereocenters. The van der Waals surface area contributed by atoms with E-state index in [-0.39, 0.29) is 28.3 Å². The Morgan fingerprint density at radius 3 is 2.50 bits per heavy atom. The van der Waals surface area contributed by atoms with Gasteiger partial charge in [-0.15, -0.1) is 0 Å². The molecule has 8 nitrogen and oxygen atoms in total. The Hall–Kier alpha value is -3.61. The molecule has 0 unspecified atom stereocenters. The minimum absolute atomic E-state index is 0.0826. The van der Waals surface area contributed by atoms with Gasteiger partial charge < -0.3 is 14.8 Å². The highest BCUT2D eigenvalue weighted by atomic mass is 127. The Morgan fingerprint density at radius 1 is 1.13 bits per heavy atom. The van der Waals surface area contributed by atoms with Crippen molar-refractivity contribution in [3.05, 3.63) is 78.4 Å². The molecule has 1 saturated carbocycles. The quantitative estimate of drug-likeness (QED) is 0.227. The first-order valence-electron chi connectivity index (χ1n) is 12.0. The second kappa shape index (κ2) is 9.93. The van der Waals surface area contributed by atoms with E-state index in [9.17, 15) is 18.8 Å². The Kier molecular flexibility index (Phi) is 6.80. The Bertz CT molecular complexity index is 1710. The third kappa shape index (κ3) is 4.48. The number of fused-ring (bicyclic) bond motifs is 1. The number of amides is 1. The van der Waals surface area contributed by atoms with E-state index in [0.29, 0.717) is 14.8 Å². The summed E-state index contributed by atoms with van der Waals surface area (Å²) in [7, 11) is 1.36. The molecule has 1 aliphatic rings. The summed E-state index contributed by atoms with van der Waals surface area (Å²) in [6, 6.07) is 11.1. The predicted octanol–water partition coefficient (Wildman–Crippen LogP) is 5.09. The maximum Gasteiger partial charge on any atom is 0.289 e. The molecule has 1 fully saturated rings. The van der Waals surface area contributed by atoms with Gasteiger partial charge in [0.25, 0.3) is 11.1 Å². The van der Waals surface area contributed by atoms with Crippen LogP contribution >= 0.6 is 22.6 Å². The lowest BCUT2D eigenvalue weighted by atomic mass is 10.1. The lowest BCUT2D eigenvalue weighted by molar-refractivity contribution is -0.107. The maximum absolute atomic E-state index is 15.5. The summed E-state index contributed by atoms with van der Waals surface area (Å²) in [5, 5.41) is 7.10. The molecule has 0 radical (unpaired) electrons. The van der Waals surface area contributed by atoms with Crippen LogP contribution < -0.4 is 21.3 Å². The second-order valence-corrected chi connectivity index (χ2v) is 10.8. The van der Waals surface area contributed by atoms with Gasteiger partial charge in [-0.25, -0.2) is 9.07 Å². The Balaban J connectivity index is 1.84. The normalized spacial score (nSPS) is 13.2. The highest BCUT2D eigenvalue weighted by Crippen LogP contribution is 2.35. The molecule has 1 amide bonds. The molecule has 5 rings (SSSR count). The molecule has 196 valence electrons. The van der Waals surface area contributed by atoms with Gasteiger partial charge in [0.1, 0.15) is 11.5 Å². The number of halogens is 3. The standard InChI is InChI=1S/C27H24F2IN5O3/c1-14(2)35-26(37)21-24(31-20-10-7-16(30)12-19(20)28)22(29)27(38)33(3)25(21)23(32-35)15-5-4-6-18(11-15)34(13-36)17-8-9-17/h4-7,10-14,17,31H,8-9H2,1-3H3. The van der Waals surface area contributed by atoms with Crippen LogP contribution in [0.4, 0.5) is 25.8 Å². The van der Waals surface area contributed by atoms with Crippen molar-refractivity contribution in [1.29, 1.82) is 0 Å². The molecule has 11 heteroatoms. The first-order chi connectivity index (χ1) is 18.1. The number of aromatic nitrogens is 3. The van der Waals surface area contributed by atoms with Crippen LogP contribution in [-0.2, 0) is 11.8 Å². The van der Waals surface area contributed by atoms with Crippen LogP contribution in [0.25, 0.3) is 22.2 Å². The van der Waals surface area contributed by atoms with Crippen molar-refractivity contribution in [2.45, 2.75) is 38.8 Å². The van der Waals surface area contributed by atoms with E-state index in [1.807, 2.05) is 22.6 Å². The van der Waals surface area contributed by atoms with Gasteiger partial charge in [-0.05, 0) is 79.6 Å². The van der Waals surface area contributed by atoms with Gasteiger partial charge in [-0.1, -0.05) is 12.1 Å². The zero-order valence-electron chi connectivity index (χ0n) is 20.8. The van der Waals surface area contributed by atoms with E-state index in [4.69, 9.17) is 0 Å². The smallest absolute Gasteiger partial charge is 0.289 e. The molecular formula is C27H24F2IN5O3. The van der Waals surface area contributed by atoms with Gasteiger partial charge in [0.05, 0.1) is 28.3 Å². The Morgan fingerprint density at radius 2 is 1.87 bits per heavy atom. The molecule has 1 aliphatic carbocycles. The number of nitrogens with one attached hydrogen (secondary N) is 1. The van der Waals surface area contributed by atoms with E-state index in [2.05, 4.69) is 10.4 Å². The van der Waals surface area contributed by atoms with Crippen molar-refractivity contribution in [3.8, 4) is 11.3 Å². The van der Waals surface area contributed by atoms with Crippen LogP contribution in [-0.4, -0.2) is 26.8 Å². The monoisotopic (exact) mass is 631 g/mol. The fourth-order valence-electron chi connectivity index (χ4n) is 4.46. The minimum Gasteiger partial charge on any atom is -0.350 e. The van der Waals surface area contributed by atoms with Crippen molar-refractivity contribution < 1.29 is 13.6 Å². The number of hydrogen-bond donors (Lipinski definition) is 1. The topological polar surface area (TPSA) is 89.2 Å². The van der Waals surface area contributed by atoms with Crippen LogP contribution in [0.2, 0.25) is 0 Å². The van der Waals surface area contributed by atoms with Crippen LogP contribution in [0.3, 0.4) is 0 Å². The molecular weight excluding hydrogens is 607 g/mol. The number of aryl methyl sites for hydroxylation is 1. The zero-order valence-corrected chi connectivity index (χ0v) is 23.0. The molecule has 38 heavy (non-hydrogen) atoms. The number of benzene rings is 2. The second-order valence-electron chi connectivity index (χ2n) is 9.51. The Labute approximate surface area is 230 Å². The number of carbonyl (C=O) groups excluding carboxylic acids is 1. The first kappa shape index (κ1) is 26.0. The number of rotatable bonds is 7. The maximum atomic E-state index is 15.5. The third-order valence-corrected chi connectivity index (χ3v) is 7.21. The summed E-state index contributed by atoms with van der Waals surface area (Å²) >= 11 is 1.95. The molecule has 4 aromatic rings. The van der Waals surface area contributed by atoms with Crippen molar-refractivity contribution in [1.82, 2.24) is 14.3 Å². The van der Waals surface area contributed by atoms with Crippen molar-refractivity contribution in [2.24, 2.45) is 7.05 Å². The van der Waals surface area contributed by atoms with E-state index in [1.54, 1.807) is 49.1 Å². The number of hydrogen-bond acceptors (Lipinski definition) is 5. The fourth-order valence-corrected chi connectivity index (χ4v) is 4.92. The van der Waals surface area contributed by atoms with Crippen molar-refractivity contribution >= 4 is 57.0 Å². The van der Waals surface area contributed by atoms with Gasteiger partial charge in [0, 0.05) is 27.9 Å². The van der Waals surface area contributed by atoms with Crippen LogP contribution in [0.1, 0.15) is 32.7 Å². The SMILES string of the molecule is CC(C)n1nc(-c2cccc(N(C=O)C3CC3)c2)c2c(c(Nc3ccc(I)cc3F)c(F)c(=O)n2C)c1=O. The average molecular weight is 631 g/mol. The molecule has 2 aromatic carbocycles. The van der Waals surface area contributed by atoms with E-state index >= 15 is 4.39 Å². The molecule has 0 saturated heterocycles. The fraction of sp³-hybridized carbons (Fsp3) is 0.259. The lowest BCUT2D eigenvalue weighted by Gasteiger charge is -2.20. The largest absolute Gasteiger partial charge is 0.350 e. The van der Waals surface area contributed by atoms with E-state index in [1.165, 1.54) is 23.9 Å². The number of nitrogens with zero attached hydrogens (tertiary/aromatic N) is 4. The summed E-state index contributed by atoms with van der Waals surface area (Å²) in [5.74, 6) is -1.87. The molecule has 1 N–H and O–H groups in total. The van der Waals surface area contributed by atoms with Gasteiger partial charge in [0.15, 0.2) is 0 Å². The summed E-state index contributed by atoms with van der Waals surface area (Å²) in [6.45, 7) is 3.51. The predicted molar refractivity (Wildman–Crippen MR) is 151 cm³/mol. The summed E-state index contributed by atoms with van der Waals surface area (Å²) in [5.41, 5.74) is -0.623. The van der Waals surface area contributed by atoms with Crippen LogP contribution in [0.15, 0.2) is 52.1 Å². The number of anilines is 3. The van der Waals surface area contributed by atoms with E-state index < -0.39 is 34.5 Å². The highest BCUT2D eigenvalue weighted by molar-refractivity contribution is 14.1. The summed E-state index contributed by atoms with van der Waals surface area (Å²) in [4.78, 5) is 40.1. The average Bonchev–Trinajstić information content (AvgIpc) is 3.72. The lowest BCUT2D eigenvalue weighted by Crippen LogP contribution is -2.31. The molecule has 0 spiro atoms. The summed E-state index contributed by atoms with van der Waals surface area (Å²) < 4.78 is 33.1. The van der Waals surface area contributed by atoms with Crippen LogP contribution in [0.5, 0.6) is 0 Å². The third-order valence-electron chi connectivity index (χ3n) is 6.54. The zero-order chi connectivity index (χ0) is 27.3. The van der Waals surface area contributed by atoms with Gasteiger partial charge >= 0.3 is 0 Å². The number of carbonyl (C=O) groups is 1. The van der Waals surface area contributed by atoms with Gasteiger partial charge in [-0.3, -0.25) is 14.4 Å². The molecule has 0 aliphatic heterocycles. The van der Waals surface area contributed by atoms with E-state index in [0.717, 1.165) is 23.8 Å². The van der Waals surface area contributed by atoms with Gasteiger partial charge in [0.2, 0.25) is 12.2 Å². The first-order valence-corrected chi connectivity index (χ1v) is 13.1. The molecule has 2 aromatic heterocycles. The van der Waals surface area contributed by atoms with Crippen LogP contribution in [0, 0.1) is 15.2 Å². The molecule has 0 bridgehead atoms.